The van der Waals surface area contributed by atoms with E-state index in [-0.39, 0.29) is 18.0 Å². The fourth-order valence-corrected chi connectivity index (χ4v) is 5.47. The lowest BCUT2D eigenvalue weighted by atomic mass is 10.1. The van der Waals surface area contributed by atoms with E-state index in [4.69, 9.17) is 5.73 Å². The summed E-state index contributed by atoms with van der Waals surface area (Å²) in [5, 5.41) is 2.34. The number of rotatable bonds is 2. The Morgan fingerprint density at radius 3 is 2.62 bits per heavy atom. The van der Waals surface area contributed by atoms with Gasteiger partial charge in [0.15, 0.2) is 0 Å². The van der Waals surface area contributed by atoms with E-state index in [1.807, 2.05) is 36.5 Å². The SMILES string of the molecule is Cn1c(=O)n(C2CCC(=O)NC2=O)c2cccc(C#CC3[C@H]4CN(c5ccc(N)nc5)C[C@@H]34)c21. The first-order valence-corrected chi connectivity index (χ1v) is 11.4. The highest BCUT2D eigenvalue weighted by Crippen LogP contribution is 2.52. The van der Waals surface area contributed by atoms with Gasteiger partial charge in [0.1, 0.15) is 11.9 Å². The van der Waals surface area contributed by atoms with Crippen LogP contribution in [0.2, 0.25) is 0 Å². The second-order valence-corrected chi connectivity index (χ2v) is 9.32. The van der Waals surface area contributed by atoms with E-state index in [0.29, 0.717) is 41.0 Å². The molecule has 172 valence electrons. The average molecular weight is 457 g/mol. The normalized spacial score (nSPS) is 25.6. The van der Waals surface area contributed by atoms with Gasteiger partial charge < -0.3 is 10.6 Å². The Hall–Kier alpha value is -4.06. The highest BCUT2D eigenvalue weighted by atomic mass is 16.2. The minimum absolute atomic E-state index is 0.215. The number of amides is 2. The summed E-state index contributed by atoms with van der Waals surface area (Å²) in [6.07, 6.45) is 2.34. The van der Waals surface area contributed by atoms with E-state index in [9.17, 15) is 14.4 Å². The number of imide groups is 1. The molecule has 1 aliphatic carbocycles. The summed E-state index contributed by atoms with van der Waals surface area (Å²) in [6, 6.07) is 8.72. The third-order valence-electron chi connectivity index (χ3n) is 7.33. The van der Waals surface area contributed by atoms with Crippen molar-refractivity contribution in [2.24, 2.45) is 24.8 Å². The summed E-state index contributed by atoms with van der Waals surface area (Å²) in [5.41, 5.74) is 8.64. The molecule has 0 radical (unpaired) electrons. The van der Waals surface area contributed by atoms with Crippen LogP contribution in [0.15, 0.2) is 41.3 Å². The number of hydrogen-bond donors (Lipinski definition) is 2. The molecule has 2 aliphatic heterocycles. The van der Waals surface area contributed by atoms with Crippen molar-refractivity contribution >= 4 is 34.4 Å². The van der Waals surface area contributed by atoms with Gasteiger partial charge in [0.2, 0.25) is 11.8 Å². The molecule has 9 nitrogen and oxygen atoms in total. The number of nitrogens with one attached hydrogen (secondary N) is 1. The first kappa shape index (κ1) is 20.5. The summed E-state index contributed by atoms with van der Waals surface area (Å²) < 4.78 is 3.04. The number of pyridine rings is 1. The van der Waals surface area contributed by atoms with Gasteiger partial charge in [0.05, 0.1) is 28.5 Å². The minimum Gasteiger partial charge on any atom is -0.384 e. The van der Waals surface area contributed by atoms with Crippen LogP contribution in [0, 0.1) is 29.6 Å². The number of fused-ring (bicyclic) bond motifs is 2. The average Bonchev–Trinajstić information content (AvgIpc) is 3.14. The zero-order valence-electron chi connectivity index (χ0n) is 18.7. The first-order valence-electron chi connectivity index (χ1n) is 11.4. The van der Waals surface area contributed by atoms with E-state index >= 15 is 0 Å². The predicted octanol–water partition coefficient (Wildman–Crippen LogP) is 1.03. The van der Waals surface area contributed by atoms with E-state index in [0.717, 1.165) is 24.3 Å². The molecule has 4 atom stereocenters. The minimum atomic E-state index is -0.700. The fraction of sp³-hybridized carbons (Fsp3) is 0.360. The molecule has 2 unspecified atom stereocenters. The molecule has 1 saturated carbocycles. The van der Waals surface area contributed by atoms with Gasteiger partial charge in [-0.2, -0.15) is 0 Å². The number of para-hydroxylation sites is 1. The van der Waals surface area contributed by atoms with Crippen LogP contribution in [-0.2, 0) is 16.6 Å². The number of hydrogen-bond acceptors (Lipinski definition) is 6. The highest BCUT2D eigenvalue weighted by molar-refractivity contribution is 6.00. The van der Waals surface area contributed by atoms with Crippen molar-refractivity contribution in [3.63, 3.8) is 0 Å². The van der Waals surface area contributed by atoms with Crippen molar-refractivity contribution in [2.75, 3.05) is 23.7 Å². The van der Waals surface area contributed by atoms with Crippen LogP contribution < -0.4 is 21.6 Å². The predicted molar refractivity (Wildman–Crippen MR) is 127 cm³/mol. The van der Waals surface area contributed by atoms with Gasteiger partial charge in [-0.15, -0.1) is 0 Å². The van der Waals surface area contributed by atoms with E-state index in [1.165, 1.54) is 4.57 Å². The number of nitrogens with zero attached hydrogens (tertiary/aromatic N) is 4. The van der Waals surface area contributed by atoms with Crippen molar-refractivity contribution in [1.29, 1.82) is 0 Å². The Balaban J connectivity index is 1.26. The molecule has 0 spiro atoms. The summed E-state index contributed by atoms with van der Waals surface area (Å²) in [7, 11) is 1.70. The topological polar surface area (TPSA) is 115 Å². The van der Waals surface area contributed by atoms with E-state index < -0.39 is 11.9 Å². The van der Waals surface area contributed by atoms with Gasteiger partial charge >= 0.3 is 5.69 Å². The second kappa shape index (κ2) is 7.48. The zero-order valence-corrected chi connectivity index (χ0v) is 18.7. The zero-order chi connectivity index (χ0) is 23.6. The van der Waals surface area contributed by atoms with Crippen LogP contribution in [0.1, 0.15) is 24.4 Å². The number of aryl methyl sites for hydroxylation is 1. The molecule has 1 aromatic carbocycles. The monoisotopic (exact) mass is 456 g/mol. The molecule has 3 aromatic rings. The number of carbonyl (C=O) groups is 2. The molecule has 2 saturated heterocycles. The Morgan fingerprint density at radius 2 is 1.91 bits per heavy atom. The molecule has 4 heterocycles. The van der Waals surface area contributed by atoms with Crippen molar-refractivity contribution in [3.8, 4) is 11.8 Å². The molecule has 0 bridgehead atoms. The molecule has 3 N–H and O–H groups in total. The third kappa shape index (κ3) is 3.17. The lowest BCUT2D eigenvalue weighted by Crippen LogP contribution is -2.44. The van der Waals surface area contributed by atoms with Crippen LogP contribution in [-0.4, -0.2) is 39.0 Å². The molecule has 9 heteroatoms. The van der Waals surface area contributed by atoms with Crippen LogP contribution in [0.4, 0.5) is 11.5 Å². The van der Waals surface area contributed by atoms with Gasteiger partial charge in [-0.25, -0.2) is 9.78 Å². The number of carbonyl (C=O) groups excluding carboxylic acids is 2. The molecule has 3 fully saturated rings. The van der Waals surface area contributed by atoms with Crippen LogP contribution in [0.3, 0.4) is 0 Å². The lowest BCUT2D eigenvalue weighted by Gasteiger charge is -2.21. The lowest BCUT2D eigenvalue weighted by molar-refractivity contribution is -0.135. The van der Waals surface area contributed by atoms with E-state index in [2.05, 4.69) is 27.0 Å². The quantitative estimate of drug-likeness (QED) is 0.440. The number of piperidine rings is 2. The Kier molecular flexibility index (Phi) is 4.52. The number of nitrogens with two attached hydrogens (primary N) is 1. The molecule has 3 aliphatic rings. The number of imidazole rings is 1. The smallest absolute Gasteiger partial charge is 0.329 e. The van der Waals surface area contributed by atoms with Crippen molar-refractivity contribution in [3.05, 3.63) is 52.6 Å². The van der Waals surface area contributed by atoms with Crippen LogP contribution in [0.25, 0.3) is 11.0 Å². The van der Waals surface area contributed by atoms with Gasteiger partial charge in [-0.3, -0.25) is 24.0 Å². The number of anilines is 2. The van der Waals surface area contributed by atoms with Gasteiger partial charge in [0, 0.05) is 32.5 Å². The molecular weight excluding hydrogens is 432 g/mol. The number of aromatic nitrogens is 3. The number of benzene rings is 1. The Bertz CT molecular complexity index is 1450. The fourth-order valence-electron chi connectivity index (χ4n) is 5.47. The Morgan fingerprint density at radius 1 is 1.12 bits per heavy atom. The molecular formula is C25H24N6O3. The maximum Gasteiger partial charge on any atom is 0.329 e. The third-order valence-corrected chi connectivity index (χ3v) is 7.33. The molecule has 2 aromatic heterocycles. The van der Waals surface area contributed by atoms with Crippen LogP contribution in [0.5, 0.6) is 0 Å². The van der Waals surface area contributed by atoms with Crippen molar-refractivity contribution in [1.82, 2.24) is 19.4 Å². The number of nitrogen functional groups attached to an aromatic ring is 1. The standard InChI is InChI=1S/C25H24N6O3/c1-29-23-14(3-2-4-19(23)31(25(29)34)20-8-10-22(32)28-24(20)33)5-7-16-17-12-30(13-18(16)17)15-6-9-21(26)27-11-15/h2-4,6,9,11,16-18,20H,8,10,12-13H2,1H3,(H2,26,27)(H,28,32,33)/t16?,17-,18+,20?. The van der Waals surface area contributed by atoms with Crippen molar-refractivity contribution < 1.29 is 9.59 Å². The molecule has 2 amide bonds. The van der Waals surface area contributed by atoms with Crippen molar-refractivity contribution in [2.45, 2.75) is 18.9 Å². The second-order valence-electron chi connectivity index (χ2n) is 9.32. The van der Waals surface area contributed by atoms with Gasteiger partial charge in [0.25, 0.3) is 0 Å². The maximum atomic E-state index is 13.1. The highest BCUT2D eigenvalue weighted by Gasteiger charge is 2.55. The molecule has 6 rings (SSSR count). The Labute approximate surface area is 195 Å². The maximum absolute atomic E-state index is 13.1. The molecule has 34 heavy (non-hydrogen) atoms. The van der Waals surface area contributed by atoms with Gasteiger partial charge in [-0.05, 0) is 42.5 Å². The summed E-state index contributed by atoms with van der Waals surface area (Å²) in [4.78, 5) is 43.6. The summed E-state index contributed by atoms with van der Waals surface area (Å²) in [6.45, 7) is 1.90. The van der Waals surface area contributed by atoms with Crippen LogP contribution >= 0.6 is 0 Å². The van der Waals surface area contributed by atoms with Gasteiger partial charge in [-0.1, -0.05) is 17.9 Å². The largest absolute Gasteiger partial charge is 0.384 e. The summed E-state index contributed by atoms with van der Waals surface area (Å²) >= 11 is 0. The summed E-state index contributed by atoms with van der Waals surface area (Å²) in [5.74, 6) is 7.93. The van der Waals surface area contributed by atoms with E-state index in [1.54, 1.807) is 11.6 Å². The first-order chi connectivity index (χ1) is 16.4.